The zero-order valence-corrected chi connectivity index (χ0v) is 9.48. The van der Waals surface area contributed by atoms with Gasteiger partial charge in [-0.2, -0.15) is 5.26 Å². The van der Waals surface area contributed by atoms with Crippen LogP contribution in [-0.4, -0.2) is 12.6 Å². The minimum Gasteiger partial charge on any atom is -0.462 e. The van der Waals surface area contributed by atoms with Crippen LogP contribution in [0.1, 0.15) is 29.6 Å². The number of anilines is 2. The van der Waals surface area contributed by atoms with Crippen molar-refractivity contribution in [3.8, 4) is 6.07 Å². The number of esters is 1. The Hall–Kier alpha value is -2.22. The molecular formula is C12H15N3O2. The molecule has 0 aromatic heterocycles. The number of benzene rings is 1. The SMILES string of the molecule is N#CCCCCOC(=O)c1ccc(N)cc1N. The second-order valence-electron chi connectivity index (χ2n) is 3.60. The number of nitrogen functional groups attached to an aromatic ring is 2. The number of carbonyl (C=O) groups is 1. The normalized spacial score (nSPS) is 9.59. The average Bonchev–Trinajstić information content (AvgIpc) is 2.28. The van der Waals surface area contributed by atoms with E-state index in [0.717, 1.165) is 6.42 Å². The van der Waals surface area contributed by atoms with Crippen LogP contribution < -0.4 is 11.5 Å². The van der Waals surface area contributed by atoms with Crippen molar-refractivity contribution in [2.45, 2.75) is 19.3 Å². The van der Waals surface area contributed by atoms with Crippen molar-refractivity contribution in [1.29, 1.82) is 5.26 Å². The third-order valence-corrected chi connectivity index (χ3v) is 2.21. The van der Waals surface area contributed by atoms with Crippen LogP contribution in [0.4, 0.5) is 11.4 Å². The molecule has 1 aromatic carbocycles. The minimum absolute atomic E-state index is 0.296. The summed E-state index contributed by atoms with van der Waals surface area (Å²) in [6.07, 6.45) is 1.87. The first kappa shape index (κ1) is 12.8. The number of hydrogen-bond acceptors (Lipinski definition) is 5. The van der Waals surface area contributed by atoms with E-state index in [1.807, 2.05) is 6.07 Å². The monoisotopic (exact) mass is 233 g/mol. The lowest BCUT2D eigenvalue weighted by Gasteiger charge is -2.07. The Bertz CT molecular complexity index is 438. The third-order valence-electron chi connectivity index (χ3n) is 2.21. The summed E-state index contributed by atoms with van der Waals surface area (Å²) in [6.45, 7) is 0.296. The van der Waals surface area contributed by atoms with Gasteiger partial charge in [-0.05, 0) is 31.0 Å². The maximum atomic E-state index is 11.6. The van der Waals surface area contributed by atoms with Crippen LogP contribution in [-0.2, 0) is 4.74 Å². The molecular weight excluding hydrogens is 218 g/mol. The number of ether oxygens (including phenoxy) is 1. The molecule has 0 heterocycles. The molecule has 4 N–H and O–H groups in total. The predicted molar refractivity (Wildman–Crippen MR) is 65.0 cm³/mol. The lowest BCUT2D eigenvalue weighted by molar-refractivity contribution is 0.0500. The summed E-state index contributed by atoms with van der Waals surface area (Å²) in [5.74, 6) is -0.459. The number of unbranched alkanes of at least 4 members (excludes halogenated alkanes) is 2. The van der Waals surface area contributed by atoms with Gasteiger partial charge in [-0.3, -0.25) is 0 Å². The van der Waals surface area contributed by atoms with Crippen LogP contribution in [0.2, 0.25) is 0 Å². The quantitative estimate of drug-likeness (QED) is 0.458. The van der Waals surface area contributed by atoms with Gasteiger partial charge in [-0.15, -0.1) is 0 Å². The summed E-state index contributed by atoms with van der Waals surface area (Å²) in [6, 6.07) is 6.69. The Kier molecular flexibility index (Phi) is 4.82. The fourth-order valence-electron chi connectivity index (χ4n) is 1.32. The van der Waals surface area contributed by atoms with Crippen molar-refractivity contribution >= 4 is 17.3 Å². The number of nitriles is 1. The van der Waals surface area contributed by atoms with E-state index in [9.17, 15) is 4.79 Å². The Morgan fingerprint density at radius 1 is 1.35 bits per heavy atom. The van der Waals surface area contributed by atoms with E-state index >= 15 is 0 Å². The zero-order valence-electron chi connectivity index (χ0n) is 9.48. The molecule has 0 aliphatic rings. The van der Waals surface area contributed by atoms with Crippen molar-refractivity contribution in [3.63, 3.8) is 0 Å². The topological polar surface area (TPSA) is 102 Å². The van der Waals surface area contributed by atoms with E-state index in [-0.39, 0.29) is 0 Å². The number of nitrogens with zero attached hydrogens (tertiary/aromatic N) is 1. The Labute approximate surface area is 100.0 Å². The molecule has 0 unspecified atom stereocenters. The van der Waals surface area contributed by atoms with Crippen LogP contribution in [0.25, 0.3) is 0 Å². The predicted octanol–water partition coefficient (Wildman–Crippen LogP) is 1.70. The molecule has 1 rings (SSSR count). The highest BCUT2D eigenvalue weighted by molar-refractivity contribution is 5.95. The molecule has 5 heteroatoms. The van der Waals surface area contributed by atoms with Crippen LogP contribution in [0.3, 0.4) is 0 Å². The standard InChI is InChI=1S/C12H15N3O2/c13-6-2-1-3-7-17-12(16)10-5-4-9(14)8-11(10)15/h4-5,8H,1-3,7,14-15H2. The molecule has 0 saturated heterocycles. The molecule has 0 saturated carbocycles. The molecule has 0 aliphatic carbocycles. The Morgan fingerprint density at radius 2 is 2.12 bits per heavy atom. The van der Waals surface area contributed by atoms with Crippen molar-refractivity contribution in [2.75, 3.05) is 18.1 Å². The van der Waals surface area contributed by atoms with Gasteiger partial charge in [0.1, 0.15) is 0 Å². The fraction of sp³-hybridized carbons (Fsp3) is 0.333. The van der Waals surface area contributed by atoms with Gasteiger partial charge in [0.05, 0.1) is 18.2 Å². The van der Waals surface area contributed by atoms with Gasteiger partial charge in [0.2, 0.25) is 0 Å². The molecule has 0 spiro atoms. The van der Waals surface area contributed by atoms with Crippen LogP contribution in [0.5, 0.6) is 0 Å². The van der Waals surface area contributed by atoms with E-state index in [0.29, 0.717) is 36.4 Å². The highest BCUT2D eigenvalue weighted by atomic mass is 16.5. The highest BCUT2D eigenvalue weighted by Gasteiger charge is 2.10. The van der Waals surface area contributed by atoms with Crippen LogP contribution >= 0.6 is 0 Å². The van der Waals surface area contributed by atoms with Crippen molar-refractivity contribution in [1.82, 2.24) is 0 Å². The van der Waals surface area contributed by atoms with E-state index in [4.69, 9.17) is 21.5 Å². The fourth-order valence-corrected chi connectivity index (χ4v) is 1.32. The molecule has 0 amide bonds. The first-order chi connectivity index (χ1) is 8.15. The van der Waals surface area contributed by atoms with Gasteiger partial charge in [-0.25, -0.2) is 4.79 Å². The molecule has 90 valence electrons. The van der Waals surface area contributed by atoms with Gasteiger partial charge in [0, 0.05) is 17.8 Å². The number of hydrogen-bond donors (Lipinski definition) is 2. The number of rotatable bonds is 5. The summed E-state index contributed by atoms with van der Waals surface area (Å²) in [5, 5.41) is 8.33. The molecule has 0 aliphatic heterocycles. The highest BCUT2D eigenvalue weighted by Crippen LogP contribution is 2.16. The maximum absolute atomic E-state index is 11.6. The van der Waals surface area contributed by atoms with Gasteiger partial charge >= 0.3 is 5.97 Å². The smallest absolute Gasteiger partial charge is 0.340 e. The lowest BCUT2D eigenvalue weighted by atomic mass is 10.1. The molecule has 0 atom stereocenters. The Balaban J connectivity index is 2.45. The largest absolute Gasteiger partial charge is 0.462 e. The number of nitrogens with two attached hydrogens (primary N) is 2. The minimum atomic E-state index is -0.459. The zero-order chi connectivity index (χ0) is 12.7. The molecule has 0 bridgehead atoms. The maximum Gasteiger partial charge on any atom is 0.340 e. The second-order valence-corrected chi connectivity index (χ2v) is 3.60. The molecule has 5 nitrogen and oxygen atoms in total. The summed E-state index contributed by atoms with van der Waals surface area (Å²) < 4.78 is 5.03. The lowest BCUT2D eigenvalue weighted by Crippen LogP contribution is -2.09. The van der Waals surface area contributed by atoms with E-state index in [2.05, 4.69) is 0 Å². The van der Waals surface area contributed by atoms with Crippen molar-refractivity contribution in [2.24, 2.45) is 0 Å². The van der Waals surface area contributed by atoms with Crippen LogP contribution in [0.15, 0.2) is 18.2 Å². The van der Waals surface area contributed by atoms with Gasteiger partial charge < -0.3 is 16.2 Å². The van der Waals surface area contributed by atoms with Crippen molar-refractivity contribution < 1.29 is 9.53 Å². The van der Waals surface area contributed by atoms with Gasteiger partial charge in [0.25, 0.3) is 0 Å². The van der Waals surface area contributed by atoms with E-state index in [1.165, 1.54) is 6.07 Å². The van der Waals surface area contributed by atoms with Gasteiger partial charge in [0.15, 0.2) is 0 Å². The van der Waals surface area contributed by atoms with E-state index in [1.54, 1.807) is 12.1 Å². The number of carbonyl (C=O) groups excluding carboxylic acids is 1. The van der Waals surface area contributed by atoms with E-state index < -0.39 is 5.97 Å². The van der Waals surface area contributed by atoms with Crippen LogP contribution in [0, 0.1) is 11.3 Å². The van der Waals surface area contributed by atoms with Crippen molar-refractivity contribution in [3.05, 3.63) is 23.8 Å². The molecule has 0 radical (unpaired) electrons. The molecule has 1 aromatic rings. The molecule has 17 heavy (non-hydrogen) atoms. The summed E-state index contributed by atoms with van der Waals surface area (Å²) in [4.78, 5) is 11.6. The summed E-state index contributed by atoms with van der Waals surface area (Å²) >= 11 is 0. The summed E-state index contributed by atoms with van der Waals surface area (Å²) in [5.41, 5.74) is 12.3. The third kappa shape index (κ3) is 4.03. The first-order valence-corrected chi connectivity index (χ1v) is 5.34. The Morgan fingerprint density at radius 3 is 2.76 bits per heavy atom. The second kappa shape index (κ2) is 6.38. The summed E-state index contributed by atoms with van der Waals surface area (Å²) in [7, 11) is 0. The average molecular weight is 233 g/mol. The first-order valence-electron chi connectivity index (χ1n) is 5.34. The van der Waals surface area contributed by atoms with Gasteiger partial charge in [-0.1, -0.05) is 0 Å². The molecule has 0 fully saturated rings.